The molecule has 0 saturated carbocycles. The third-order valence-corrected chi connectivity index (χ3v) is 3.92. The molecule has 23 heavy (non-hydrogen) atoms. The lowest BCUT2D eigenvalue weighted by Crippen LogP contribution is -2.53. The molecule has 2 rings (SSSR count). The largest absolute Gasteiger partial charge is 0.480 e. The van der Waals surface area contributed by atoms with Crippen molar-refractivity contribution in [2.75, 3.05) is 13.1 Å². The number of hydrogen-bond acceptors (Lipinski definition) is 4. The predicted octanol–water partition coefficient (Wildman–Crippen LogP) is -0.252. The van der Waals surface area contributed by atoms with E-state index < -0.39 is 24.0 Å². The molecule has 0 aliphatic carbocycles. The molecule has 1 aliphatic rings. The molecular formula is C16H21N3O4. The number of benzene rings is 1. The molecule has 1 aromatic carbocycles. The van der Waals surface area contributed by atoms with Gasteiger partial charge in [-0.2, -0.15) is 0 Å². The zero-order chi connectivity index (χ0) is 16.8. The minimum Gasteiger partial charge on any atom is -0.480 e. The van der Waals surface area contributed by atoms with Crippen LogP contribution in [-0.4, -0.2) is 53.0 Å². The molecule has 1 aromatic rings. The first-order chi connectivity index (χ1) is 11.0. The van der Waals surface area contributed by atoms with Gasteiger partial charge in [-0.05, 0) is 18.4 Å². The smallest absolute Gasteiger partial charge is 0.326 e. The van der Waals surface area contributed by atoms with E-state index in [2.05, 4.69) is 5.32 Å². The summed E-state index contributed by atoms with van der Waals surface area (Å²) in [4.78, 5) is 37.0. The molecule has 124 valence electrons. The molecule has 0 aromatic heterocycles. The van der Waals surface area contributed by atoms with E-state index in [1.807, 2.05) is 30.3 Å². The maximum atomic E-state index is 12.7. The van der Waals surface area contributed by atoms with Crippen LogP contribution < -0.4 is 11.1 Å². The fraction of sp³-hybridized carbons (Fsp3) is 0.438. The number of hydrogen-bond donors (Lipinski definition) is 3. The number of aliphatic carboxylic acids is 1. The number of nitrogens with zero attached hydrogens (tertiary/aromatic N) is 1. The van der Waals surface area contributed by atoms with Crippen molar-refractivity contribution in [2.24, 2.45) is 5.73 Å². The second kappa shape index (κ2) is 7.73. The Labute approximate surface area is 134 Å². The number of rotatable bonds is 6. The van der Waals surface area contributed by atoms with E-state index in [9.17, 15) is 19.5 Å². The van der Waals surface area contributed by atoms with Crippen LogP contribution in [0.4, 0.5) is 0 Å². The lowest BCUT2D eigenvalue weighted by Gasteiger charge is -2.27. The van der Waals surface area contributed by atoms with Crippen LogP contribution in [0.1, 0.15) is 18.4 Å². The van der Waals surface area contributed by atoms with Crippen molar-refractivity contribution in [3.8, 4) is 0 Å². The number of likely N-dealkylation sites (tertiary alicyclic amines) is 1. The van der Waals surface area contributed by atoms with Gasteiger partial charge in [-0.25, -0.2) is 4.79 Å². The van der Waals surface area contributed by atoms with Gasteiger partial charge in [0.2, 0.25) is 11.8 Å². The first-order valence-corrected chi connectivity index (χ1v) is 7.59. The molecule has 0 bridgehead atoms. The molecule has 4 N–H and O–H groups in total. The van der Waals surface area contributed by atoms with E-state index in [1.54, 1.807) is 0 Å². The molecule has 2 atom stereocenters. The van der Waals surface area contributed by atoms with E-state index in [1.165, 1.54) is 4.90 Å². The Morgan fingerprint density at radius 3 is 2.61 bits per heavy atom. The molecule has 1 saturated heterocycles. The molecule has 7 nitrogen and oxygen atoms in total. The second-order valence-electron chi connectivity index (χ2n) is 5.54. The Morgan fingerprint density at radius 2 is 2.00 bits per heavy atom. The summed E-state index contributed by atoms with van der Waals surface area (Å²) in [6.07, 6.45) is 1.38. The van der Waals surface area contributed by atoms with Crippen LogP contribution in [0, 0.1) is 0 Å². The summed E-state index contributed by atoms with van der Waals surface area (Å²) in [7, 11) is 0. The van der Waals surface area contributed by atoms with Crippen molar-refractivity contribution < 1.29 is 19.5 Å². The molecule has 0 spiro atoms. The molecule has 1 fully saturated rings. The fourth-order valence-electron chi connectivity index (χ4n) is 2.79. The lowest BCUT2D eigenvalue weighted by atomic mass is 10.0. The summed E-state index contributed by atoms with van der Waals surface area (Å²) in [5.74, 6) is -1.83. The average molecular weight is 319 g/mol. The van der Waals surface area contributed by atoms with Gasteiger partial charge >= 0.3 is 5.97 Å². The second-order valence-corrected chi connectivity index (χ2v) is 5.54. The van der Waals surface area contributed by atoms with Gasteiger partial charge in [-0.3, -0.25) is 9.59 Å². The van der Waals surface area contributed by atoms with Crippen molar-refractivity contribution in [3.63, 3.8) is 0 Å². The molecule has 0 unspecified atom stereocenters. The van der Waals surface area contributed by atoms with Gasteiger partial charge in [0.25, 0.3) is 0 Å². The van der Waals surface area contributed by atoms with Crippen LogP contribution >= 0.6 is 0 Å². The molecule has 1 aliphatic heterocycles. The Bertz CT molecular complexity index is 576. The average Bonchev–Trinajstić information content (AvgIpc) is 3.04. The highest BCUT2D eigenvalue weighted by molar-refractivity contribution is 5.91. The van der Waals surface area contributed by atoms with Crippen molar-refractivity contribution in [2.45, 2.75) is 31.3 Å². The van der Waals surface area contributed by atoms with Crippen LogP contribution in [0.5, 0.6) is 0 Å². The zero-order valence-electron chi connectivity index (χ0n) is 12.8. The first kappa shape index (κ1) is 17.0. The number of amides is 2. The Balaban J connectivity index is 2.16. The summed E-state index contributed by atoms with van der Waals surface area (Å²) in [6.45, 7) is 0.167. The van der Waals surface area contributed by atoms with Gasteiger partial charge in [-0.1, -0.05) is 30.3 Å². The third kappa shape index (κ3) is 4.29. The van der Waals surface area contributed by atoms with Crippen LogP contribution in [0.15, 0.2) is 30.3 Å². The number of nitrogens with one attached hydrogen (secondary N) is 1. The first-order valence-electron chi connectivity index (χ1n) is 7.59. The van der Waals surface area contributed by atoms with E-state index >= 15 is 0 Å². The van der Waals surface area contributed by atoms with Gasteiger partial charge in [0.15, 0.2) is 0 Å². The summed E-state index contributed by atoms with van der Waals surface area (Å²) in [5, 5.41) is 11.8. The molecule has 2 amide bonds. The number of nitrogens with two attached hydrogens (primary N) is 1. The standard InChI is InChI=1S/C16H21N3O4/c17-10-14(20)18-12(9-11-5-2-1-3-6-11)15(21)19-8-4-7-13(19)16(22)23/h1-3,5-6,12-13H,4,7-10,17H2,(H,18,20)(H,22,23)/t12-,13-/m0/s1. The monoisotopic (exact) mass is 319 g/mol. The highest BCUT2D eigenvalue weighted by Gasteiger charge is 2.37. The van der Waals surface area contributed by atoms with Gasteiger partial charge in [0.05, 0.1) is 6.54 Å². The minimum absolute atomic E-state index is 0.221. The Hall–Kier alpha value is -2.41. The summed E-state index contributed by atoms with van der Waals surface area (Å²) >= 11 is 0. The van der Waals surface area contributed by atoms with Crippen molar-refractivity contribution in [1.82, 2.24) is 10.2 Å². The summed E-state index contributed by atoms with van der Waals surface area (Å²) in [5.41, 5.74) is 6.20. The molecule has 0 radical (unpaired) electrons. The van der Waals surface area contributed by atoms with Crippen LogP contribution in [0.25, 0.3) is 0 Å². The normalized spacial score (nSPS) is 18.5. The van der Waals surface area contributed by atoms with Gasteiger partial charge in [0, 0.05) is 13.0 Å². The summed E-state index contributed by atoms with van der Waals surface area (Å²) < 4.78 is 0. The quantitative estimate of drug-likeness (QED) is 0.669. The third-order valence-electron chi connectivity index (χ3n) is 3.92. The van der Waals surface area contributed by atoms with Gasteiger partial charge < -0.3 is 21.1 Å². The number of carbonyl (C=O) groups excluding carboxylic acids is 2. The number of carbonyl (C=O) groups is 3. The van der Waals surface area contributed by atoms with Gasteiger partial charge in [-0.15, -0.1) is 0 Å². The van der Waals surface area contributed by atoms with Crippen LogP contribution in [0.2, 0.25) is 0 Å². The van der Waals surface area contributed by atoms with Crippen LogP contribution in [-0.2, 0) is 20.8 Å². The highest BCUT2D eigenvalue weighted by Crippen LogP contribution is 2.19. The zero-order valence-corrected chi connectivity index (χ0v) is 12.8. The SMILES string of the molecule is NCC(=O)N[C@@H](Cc1ccccc1)C(=O)N1CCC[C@H]1C(=O)O. The van der Waals surface area contributed by atoms with Crippen LogP contribution in [0.3, 0.4) is 0 Å². The Morgan fingerprint density at radius 1 is 1.30 bits per heavy atom. The number of carboxylic acids is 1. The topological polar surface area (TPSA) is 113 Å². The van der Waals surface area contributed by atoms with Crippen molar-refractivity contribution in [1.29, 1.82) is 0 Å². The molecule has 1 heterocycles. The van der Waals surface area contributed by atoms with E-state index in [0.29, 0.717) is 25.8 Å². The highest BCUT2D eigenvalue weighted by atomic mass is 16.4. The van der Waals surface area contributed by atoms with E-state index in [4.69, 9.17) is 5.73 Å². The minimum atomic E-state index is -1.01. The van der Waals surface area contributed by atoms with E-state index in [0.717, 1.165) is 5.56 Å². The predicted molar refractivity (Wildman–Crippen MR) is 83.5 cm³/mol. The fourth-order valence-corrected chi connectivity index (χ4v) is 2.79. The number of carboxylic acid groups (broad SMARTS) is 1. The maximum Gasteiger partial charge on any atom is 0.326 e. The maximum absolute atomic E-state index is 12.7. The Kier molecular flexibility index (Phi) is 5.70. The van der Waals surface area contributed by atoms with E-state index in [-0.39, 0.29) is 12.5 Å². The molecule has 7 heteroatoms. The summed E-state index contributed by atoms with van der Waals surface area (Å²) in [6, 6.07) is 7.62. The lowest BCUT2D eigenvalue weighted by molar-refractivity contribution is -0.149. The van der Waals surface area contributed by atoms with Crippen molar-refractivity contribution >= 4 is 17.8 Å². The van der Waals surface area contributed by atoms with Crippen molar-refractivity contribution in [3.05, 3.63) is 35.9 Å². The molecular weight excluding hydrogens is 298 g/mol. The van der Waals surface area contributed by atoms with Gasteiger partial charge in [0.1, 0.15) is 12.1 Å².